The van der Waals surface area contributed by atoms with Gasteiger partial charge in [-0.3, -0.25) is 0 Å². The molecule has 0 aliphatic carbocycles. The maximum Gasteiger partial charge on any atom is 0.573 e. The topological polar surface area (TPSA) is 59.3 Å². The van der Waals surface area contributed by atoms with Crippen molar-refractivity contribution >= 4 is 18.6 Å². The lowest BCUT2D eigenvalue weighted by Crippen LogP contribution is -2.18. The first-order chi connectivity index (χ1) is 8.78. The van der Waals surface area contributed by atoms with Gasteiger partial charge in [-0.15, -0.1) is 25.8 Å². The predicted molar refractivity (Wildman–Crippen MR) is 61.0 cm³/mol. The third-order valence-electron chi connectivity index (χ3n) is 1.94. The molecule has 0 N–H and O–H groups in total. The Morgan fingerprint density at radius 2 is 2.11 bits per heavy atom. The van der Waals surface area contributed by atoms with Gasteiger partial charge in [-0.05, 0) is 13.0 Å². The molecule has 0 radical (unpaired) electrons. The fourth-order valence-corrected chi connectivity index (χ4v) is 1.48. The van der Waals surface area contributed by atoms with Crippen LogP contribution in [0.25, 0.3) is 0 Å². The van der Waals surface area contributed by atoms with Crippen molar-refractivity contribution in [2.45, 2.75) is 18.2 Å². The van der Waals surface area contributed by atoms with Gasteiger partial charge in [0, 0.05) is 11.0 Å². The van der Waals surface area contributed by atoms with E-state index < -0.39 is 18.1 Å². The molecule has 0 unspecified atom stereocenters. The van der Waals surface area contributed by atoms with Crippen LogP contribution in [0.5, 0.6) is 5.75 Å². The molecule has 0 aromatic heterocycles. The van der Waals surface area contributed by atoms with Crippen LogP contribution >= 0.6 is 12.6 Å². The quantitative estimate of drug-likeness (QED) is 0.687. The Hall–Kier alpha value is -1.88. The van der Waals surface area contributed by atoms with Crippen molar-refractivity contribution < 1.29 is 27.4 Å². The Labute approximate surface area is 112 Å². The molecule has 1 rings (SSSR count). The van der Waals surface area contributed by atoms with Crippen LogP contribution in [0.3, 0.4) is 0 Å². The summed E-state index contributed by atoms with van der Waals surface area (Å²) in [5, 5.41) is 8.83. The van der Waals surface area contributed by atoms with Crippen LogP contribution in [0.4, 0.5) is 13.2 Å². The third-order valence-corrected chi connectivity index (χ3v) is 2.29. The number of hydrogen-bond acceptors (Lipinski definition) is 5. The van der Waals surface area contributed by atoms with Crippen LogP contribution in [0.15, 0.2) is 17.0 Å². The molecule has 0 atom stereocenters. The van der Waals surface area contributed by atoms with E-state index in [0.717, 1.165) is 12.1 Å². The van der Waals surface area contributed by atoms with E-state index in [1.165, 1.54) is 0 Å². The van der Waals surface area contributed by atoms with E-state index in [-0.39, 0.29) is 22.6 Å². The van der Waals surface area contributed by atoms with Gasteiger partial charge in [0.05, 0.1) is 17.7 Å². The molecule has 0 saturated heterocycles. The van der Waals surface area contributed by atoms with Crippen molar-refractivity contribution in [2.24, 2.45) is 0 Å². The predicted octanol–water partition coefficient (Wildman–Crippen LogP) is 2.92. The van der Waals surface area contributed by atoms with Crippen LogP contribution in [0.2, 0.25) is 0 Å². The van der Waals surface area contributed by atoms with Gasteiger partial charge >= 0.3 is 12.3 Å². The van der Waals surface area contributed by atoms with Gasteiger partial charge < -0.3 is 9.47 Å². The lowest BCUT2D eigenvalue weighted by atomic mass is 10.1. The summed E-state index contributed by atoms with van der Waals surface area (Å²) in [7, 11) is 0. The SMILES string of the molecule is CCOC(=O)c1cc(S)c(OC(F)(F)F)cc1C#N. The van der Waals surface area contributed by atoms with Crippen molar-refractivity contribution in [1.82, 2.24) is 0 Å². The normalized spacial score (nSPS) is 10.7. The first-order valence-corrected chi connectivity index (χ1v) is 5.43. The molecule has 4 nitrogen and oxygen atoms in total. The minimum absolute atomic E-state index is 0.0758. The van der Waals surface area contributed by atoms with Gasteiger partial charge in [0.25, 0.3) is 0 Å². The number of rotatable bonds is 3. The summed E-state index contributed by atoms with van der Waals surface area (Å²) < 4.78 is 44.7. The number of carbonyl (C=O) groups excluding carboxylic acids is 1. The smallest absolute Gasteiger partial charge is 0.462 e. The summed E-state index contributed by atoms with van der Waals surface area (Å²) in [6, 6.07) is 3.40. The zero-order chi connectivity index (χ0) is 14.6. The lowest BCUT2D eigenvalue weighted by Gasteiger charge is -2.12. The minimum Gasteiger partial charge on any atom is -0.462 e. The number of thiol groups is 1. The molecule has 0 fully saturated rings. The molecule has 0 amide bonds. The van der Waals surface area contributed by atoms with E-state index in [0.29, 0.717) is 0 Å². The second-order valence-electron chi connectivity index (χ2n) is 3.25. The number of alkyl halides is 3. The van der Waals surface area contributed by atoms with Crippen LogP contribution < -0.4 is 4.74 Å². The maximum absolute atomic E-state index is 12.1. The number of nitrogens with zero attached hydrogens (tertiary/aromatic N) is 1. The molecule has 1 aromatic rings. The molecule has 19 heavy (non-hydrogen) atoms. The summed E-state index contributed by atoms with van der Waals surface area (Å²) in [4.78, 5) is 11.3. The summed E-state index contributed by atoms with van der Waals surface area (Å²) in [5.74, 6) is -1.46. The molecular formula is C11H8F3NO3S. The number of carbonyl (C=O) groups is 1. The largest absolute Gasteiger partial charge is 0.573 e. The highest BCUT2D eigenvalue weighted by Gasteiger charge is 2.32. The summed E-state index contributed by atoms with van der Waals surface area (Å²) in [6.07, 6.45) is -4.91. The maximum atomic E-state index is 12.1. The van der Waals surface area contributed by atoms with Crippen molar-refractivity contribution in [3.8, 4) is 11.8 Å². The molecule has 0 saturated carbocycles. The lowest BCUT2D eigenvalue weighted by molar-refractivity contribution is -0.275. The molecule has 0 aliphatic rings. The minimum atomic E-state index is -4.91. The number of ether oxygens (including phenoxy) is 2. The highest BCUT2D eigenvalue weighted by atomic mass is 32.1. The van der Waals surface area contributed by atoms with E-state index in [2.05, 4.69) is 22.1 Å². The van der Waals surface area contributed by atoms with Gasteiger partial charge in [0.1, 0.15) is 11.8 Å². The van der Waals surface area contributed by atoms with Gasteiger partial charge in [0.15, 0.2) is 0 Å². The van der Waals surface area contributed by atoms with E-state index >= 15 is 0 Å². The Bertz CT molecular complexity index is 537. The zero-order valence-electron chi connectivity index (χ0n) is 9.61. The monoisotopic (exact) mass is 291 g/mol. The highest BCUT2D eigenvalue weighted by Crippen LogP contribution is 2.31. The van der Waals surface area contributed by atoms with Crippen molar-refractivity contribution in [1.29, 1.82) is 5.26 Å². The van der Waals surface area contributed by atoms with Crippen LogP contribution in [-0.2, 0) is 4.74 Å². The highest BCUT2D eigenvalue weighted by molar-refractivity contribution is 7.80. The van der Waals surface area contributed by atoms with Crippen LogP contribution in [-0.4, -0.2) is 18.9 Å². The van der Waals surface area contributed by atoms with Crippen LogP contribution in [0.1, 0.15) is 22.8 Å². The number of nitriles is 1. The van der Waals surface area contributed by atoms with Gasteiger partial charge in [-0.2, -0.15) is 5.26 Å². The number of hydrogen-bond donors (Lipinski definition) is 1. The van der Waals surface area contributed by atoms with E-state index in [9.17, 15) is 18.0 Å². The molecular weight excluding hydrogens is 283 g/mol. The molecule has 0 aliphatic heterocycles. The van der Waals surface area contributed by atoms with Crippen molar-refractivity contribution in [3.63, 3.8) is 0 Å². The molecule has 0 heterocycles. The summed E-state index contributed by atoms with van der Waals surface area (Å²) >= 11 is 3.79. The number of halogens is 3. The number of esters is 1. The first kappa shape index (κ1) is 15.2. The van der Waals surface area contributed by atoms with E-state index in [1.54, 1.807) is 13.0 Å². The fourth-order valence-electron chi connectivity index (χ4n) is 1.25. The average Bonchev–Trinajstić information content (AvgIpc) is 2.29. The molecule has 102 valence electrons. The van der Waals surface area contributed by atoms with Gasteiger partial charge in [-0.1, -0.05) is 0 Å². The second kappa shape index (κ2) is 5.84. The molecule has 1 aromatic carbocycles. The van der Waals surface area contributed by atoms with E-state index in [4.69, 9.17) is 5.26 Å². The standard InChI is InChI=1S/C11H8F3NO3S/c1-2-17-10(16)7-4-9(19)8(3-6(7)5-15)18-11(12,13)14/h3-4,19H,2H2,1H3. The second-order valence-corrected chi connectivity index (χ2v) is 3.73. The summed E-state index contributed by atoms with van der Waals surface area (Å²) in [6.45, 7) is 1.64. The third kappa shape index (κ3) is 4.06. The Morgan fingerprint density at radius 1 is 1.47 bits per heavy atom. The molecule has 8 heteroatoms. The first-order valence-electron chi connectivity index (χ1n) is 4.98. The van der Waals surface area contributed by atoms with Gasteiger partial charge in [-0.25, -0.2) is 4.79 Å². The zero-order valence-corrected chi connectivity index (χ0v) is 10.5. The van der Waals surface area contributed by atoms with Crippen molar-refractivity contribution in [2.75, 3.05) is 6.61 Å². The fraction of sp³-hybridized carbons (Fsp3) is 0.273. The van der Waals surface area contributed by atoms with Gasteiger partial charge in [0.2, 0.25) is 0 Å². The number of benzene rings is 1. The molecule has 0 spiro atoms. The Morgan fingerprint density at radius 3 is 2.58 bits per heavy atom. The van der Waals surface area contributed by atoms with E-state index in [1.807, 2.05) is 0 Å². The average molecular weight is 291 g/mol. The summed E-state index contributed by atoms with van der Waals surface area (Å²) in [5.41, 5.74) is -0.445. The Kier molecular flexibility index (Phi) is 4.67. The van der Waals surface area contributed by atoms with Crippen molar-refractivity contribution in [3.05, 3.63) is 23.3 Å². The molecule has 0 bridgehead atoms. The Balaban J connectivity index is 3.22. The van der Waals surface area contributed by atoms with Crippen LogP contribution in [0, 0.1) is 11.3 Å².